The zero-order valence-corrected chi connectivity index (χ0v) is 18.1. The molecular formula is C26H34O4. The van der Waals surface area contributed by atoms with Gasteiger partial charge in [0.2, 0.25) is 0 Å². The zero-order chi connectivity index (χ0) is 21.4. The lowest BCUT2D eigenvalue weighted by Gasteiger charge is -2.20. The molecule has 0 spiro atoms. The van der Waals surface area contributed by atoms with Crippen LogP contribution in [0, 0.1) is 0 Å². The molecule has 0 fully saturated rings. The Kier molecular flexibility index (Phi) is 11.3. The highest BCUT2D eigenvalue weighted by Crippen LogP contribution is 2.20. The second-order valence-corrected chi connectivity index (χ2v) is 7.66. The van der Waals surface area contributed by atoms with E-state index in [2.05, 4.69) is 6.92 Å². The van der Waals surface area contributed by atoms with Crippen molar-refractivity contribution in [3.8, 4) is 11.5 Å². The average molecular weight is 411 g/mol. The number of ether oxygens (including phenoxy) is 2. The molecule has 0 bridgehead atoms. The molecule has 0 N–H and O–H groups in total. The van der Waals surface area contributed by atoms with Crippen LogP contribution in [0.4, 0.5) is 0 Å². The van der Waals surface area contributed by atoms with E-state index >= 15 is 0 Å². The molecule has 4 nitrogen and oxygen atoms in total. The number of hydrogen-bond acceptors (Lipinski definition) is 4. The third-order valence-electron chi connectivity index (χ3n) is 5.17. The van der Waals surface area contributed by atoms with Crippen LogP contribution >= 0.6 is 0 Å². The van der Waals surface area contributed by atoms with E-state index in [1.54, 1.807) is 24.3 Å². The molecule has 2 aromatic rings. The normalized spacial score (nSPS) is 11.6. The summed E-state index contributed by atoms with van der Waals surface area (Å²) in [5, 5.41) is 0. The second kappa shape index (κ2) is 14.4. The number of unbranched alkanes of at least 4 members (excludes halogenated alkanes) is 6. The van der Waals surface area contributed by atoms with E-state index in [9.17, 15) is 9.59 Å². The Hall–Kier alpha value is -2.62. The first kappa shape index (κ1) is 23.7. The molecule has 0 radical (unpaired) electrons. The molecule has 0 saturated carbocycles. The molecule has 162 valence electrons. The largest absolute Gasteiger partial charge is 0.493 e. The van der Waals surface area contributed by atoms with Crippen molar-refractivity contribution in [1.82, 2.24) is 0 Å². The van der Waals surface area contributed by atoms with Crippen LogP contribution in [-0.4, -0.2) is 25.3 Å². The van der Waals surface area contributed by atoms with Crippen molar-refractivity contribution in [3.63, 3.8) is 0 Å². The summed E-state index contributed by atoms with van der Waals surface area (Å²) in [6, 6.07) is 14.4. The maximum Gasteiger partial charge on any atom is 0.150 e. The molecule has 0 aromatic heterocycles. The zero-order valence-electron chi connectivity index (χ0n) is 18.1. The topological polar surface area (TPSA) is 52.6 Å². The monoisotopic (exact) mass is 410 g/mol. The molecule has 0 amide bonds. The summed E-state index contributed by atoms with van der Waals surface area (Å²) in [6.45, 7) is 2.79. The lowest BCUT2D eigenvalue weighted by atomic mass is 10.0. The summed E-state index contributed by atoms with van der Waals surface area (Å²) < 4.78 is 12.0. The van der Waals surface area contributed by atoms with Crippen molar-refractivity contribution in [2.24, 2.45) is 0 Å². The Bertz CT molecular complexity index is 722. The predicted molar refractivity (Wildman–Crippen MR) is 121 cm³/mol. The first-order valence-corrected chi connectivity index (χ1v) is 11.1. The minimum atomic E-state index is 0.0666. The summed E-state index contributed by atoms with van der Waals surface area (Å²) in [6.07, 6.45) is 12.4. The van der Waals surface area contributed by atoms with Gasteiger partial charge in [0.1, 0.15) is 30.2 Å². The summed E-state index contributed by atoms with van der Waals surface area (Å²) in [5.74, 6) is 1.54. The number of hydrogen-bond donors (Lipinski definition) is 0. The van der Waals surface area contributed by atoms with Gasteiger partial charge in [-0.2, -0.15) is 0 Å². The van der Waals surface area contributed by atoms with E-state index < -0.39 is 0 Å². The van der Waals surface area contributed by atoms with E-state index in [4.69, 9.17) is 9.47 Å². The van der Waals surface area contributed by atoms with Crippen molar-refractivity contribution in [1.29, 1.82) is 0 Å². The van der Waals surface area contributed by atoms with Crippen molar-refractivity contribution < 1.29 is 19.1 Å². The van der Waals surface area contributed by atoms with E-state index in [-0.39, 0.29) is 6.10 Å². The van der Waals surface area contributed by atoms with Crippen molar-refractivity contribution >= 4 is 12.6 Å². The lowest BCUT2D eigenvalue weighted by molar-refractivity contribution is 0.111. The fraction of sp³-hybridized carbons (Fsp3) is 0.462. The minimum Gasteiger partial charge on any atom is -0.493 e. The van der Waals surface area contributed by atoms with Crippen LogP contribution in [-0.2, 0) is 0 Å². The van der Waals surface area contributed by atoms with Crippen LogP contribution in [0.2, 0.25) is 0 Å². The van der Waals surface area contributed by atoms with Gasteiger partial charge in [0.15, 0.2) is 0 Å². The van der Waals surface area contributed by atoms with Gasteiger partial charge in [-0.25, -0.2) is 0 Å². The van der Waals surface area contributed by atoms with Crippen molar-refractivity contribution in [2.45, 2.75) is 70.8 Å². The highest BCUT2D eigenvalue weighted by atomic mass is 16.5. The van der Waals surface area contributed by atoms with Crippen LogP contribution in [0.25, 0.3) is 0 Å². The van der Waals surface area contributed by atoms with E-state index in [0.717, 1.165) is 43.3 Å². The molecule has 0 heterocycles. The Morgan fingerprint density at radius 3 is 1.80 bits per heavy atom. The molecule has 4 heteroatoms. The molecule has 0 saturated heterocycles. The fourth-order valence-electron chi connectivity index (χ4n) is 3.36. The van der Waals surface area contributed by atoms with Gasteiger partial charge in [0, 0.05) is 17.5 Å². The van der Waals surface area contributed by atoms with Crippen molar-refractivity contribution in [2.75, 3.05) is 6.61 Å². The highest BCUT2D eigenvalue weighted by Gasteiger charge is 2.11. The van der Waals surface area contributed by atoms with Crippen LogP contribution < -0.4 is 9.47 Å². The first-order valence-electron chi connectivity index (χ1n) is 11.1. The van der Waals surface area contributed by atoms with Gasteiger partial charge >= 0.3 is 0 Å². The maximum atomic E-state index is 10.8. The quantitative estimate of drug-likeness (QED) is 0.229. The van der Waals surface area contributed by atoms with Crippen LogP contribution in [0.5, 0.6) is 11.5 Å². The number of aldehydes is 2. The van der Waals surface area contributed by atoms with Gasteiger partial charge in [-0.3, -0.25) is 9.59 Å². The number of carbonyl (C=O) groups is 2. The maximum absolute atomic E-state index is 10.8. The highest BCUT2D eigenvalue weighted by molar-refractivity contribution is 5.75. The van der Waals surface area contributed by atoms with Gasteiger partial charge in [-0.05, 0) is 61.4 Å². The Morgan fingerprint density at radius 2 is 1.23 bits per heavy atom. The second-order valence-electron chi connectivity index (χ2n) is 7.66. The molecule has 0 aliphatic heterocycles. The average Bonchev–Trinajstić information content (AvgIpc) is 2.79. The number of benzene rings is 2. The van der Waals surface area contributed by atoms with Crippen LogP contribution in [0.1, 0.15) is 85.4 Å². The molecule has 0 aliphatic carbocycles. The Balaban J connectivity index is 1.81. The summed E-state index contributed by atoms with van der Waals surface area (Å²) >= 11 is 0. The van der Waals surface area contributed by atoms with Gasteiger partial charge in [-0.15, -0.1) is 0 Å². The van der Waals surface area contributed by atoms with Gasteiger partial charge in [0.25, 0.3) is 0 Å². The summed E-state index contributed by atoms with van der Waals surface area (Å²) in [4.78, 5) is 21.6. The Labute approximate surface area is 180 Å². The third-order valence-corrected chi connectivity index (χ3v) is 5.17. The SMILES string of the molecule is CCCCCCCCCC(CCOc1ccc(C=O)cc1)Oc1ccc(C=O)cc1. The number of rotatable bonds is 16. The van der Waals surface area contributed by atoms with Gasteiger partial charge < -0.3 is 9.47 Å². The van der Waals surface area contributed by atoms with E-state index in [1.165, 1.54) is 38.5 Å². The molecule has 0 aliphatic rings. The first-order chi connectivity index (χ1) is 14.7. The molecule has 2 rings (SSSR count). The minimum absolute atomic E-state index is 0.0666. The van der Waals surface area contributed by atoms with Gasteiger partial charge in [0.05, 0.1) is 6.61 Å². The summed E-state index contributed by atoms with van der Waals surface area (Å²) in [5.41, 5.74) is 1.29. The smallest absolute Gasteiger partial charge is 0.150 e. The third kappa shape index (κ3) is 9.25. The molecular weight excluding hydrogens is 376 g/mol. The molecule has 2 aromatic carbocycles. The van der Waals surface area contributed by atoms with Crippen LogP contribution in [0.15, 0.2) is 48.5 Å². The predicted octanol–water partition coefficient (Wildman–Crippen LogP) is 6.67. The molecule has 1 atom stereocenters. The van der Waals surface area contributed by atoms with Gasteiger partial charge in [-0.1, -0.05) is 45.4 Å². The molecule has 30 heavy (non-hydrogen) atoms. The van der Waals surface area contributed by atoms with E-state index in [1.807, 2.05) is 24.3 Å². The summed E-state index contributed by atoms with van der Waals surface area (Å²) in [7, 11) is 0. The number of carbonyl (C=O) groups excluding carboxylic acids is 2. The van der Waals surface area contributed by atoms with Crippen molar-refractivity contribution in [3.05, 3.63) is 59.7 Å². The van der Waals surface area contributed by atoms with Crippen LogP contribution in [0.3, 0.4) is 0 Å². The lowest BCUT2D eigenvalue weighted by Crippen LogP contribution is -2.20. The Morgan fingerprint density at radius 1 is 0.700 bits per heavy atom. The molecule has 1 unspecified atom stereocenters. The standard InChI is InChI=1S/C26H34O4/c1-2-3-4-5-6-7-8-9-25(30-26-16-12-23(21-28)13-17-26)18-19-29-24-14-10-22(20-27)11-15-24/h10-17,20-21,25H,2-9,18-19H2,1H3. The van der Waals surface area contributed by atoms with E-state index in [0.29, 0.717) is 17.7 Å². The fourth-order valence-corrected chi connectivity index (χ4v) is 3.36.